The summed E-state index contributed by atoms with van der Waals surface area (Å²) in [4.78, 5) is 2.33. The number of hydrogen-bond donors (Lipinski definition) is 1. The van der Waals surface area contributed by atoms with Crippen LogP contribution in [0.25, 0.3) is 0 Å². The van der Waals surface area contributed by atoms with Crippen molar-refractivity contribution in [2.45, 2.75) is 51.9 Å². The number of nitrogens with one attached hydrogen (secondary N) is 1. The van der Waals surface area contributed by atoms with Gasteiger partial charge in [0, 0.05) is 19.5 Å². The van der Waals surface area contributed by atoms with E-state index in [1.807, 2.05) is 0 Å². The van der Waals surface area contributed by atoms with E-state index >= 15 is 0 Å². The van der Waals surface area contributed by atoms with Gasteiger partial charge < -0.3 is 4.90 Å². The van der Waals surface area contributed by atoms with E-state index in [0.29, 0.717) is 5.41 Å². The van der Waals surface area contributed by atoms with Crippen LogP contribution in [0.5, 0.6) is 0 Å². The minimum atomic E-state index is 0.518. The molecular formula is C12H22N2. The van der Waals surface area contributed by atoms with E-state index in [2.05, 4.69) is 11.8 Å². The Hall–Kier alpha value is -0.530. The Morgan fingerprint density at radius 1 is 1.21 bits per heavy atom. The number of piperidine rings is 1. The third-order valence-electron chi connectivity index (χ3n) is 3.86. The Kier molecular flexibility index (Phi) is 2.80. The molecule has 0 spiro atoms. The van der Waals surface area contributed by atoms with Crippen molar-refractivity contribution in [2.75, 3.05) is 13.1 Å². The monoisotopic (exact) mass is 194 g/mol. The molecule has 2 nitrogen and oxygen atoms in total. The van der Waals surface area contributed by atoms with Crippen LogP contribution >= 0.6 is 0 Å². The van der Waals surface area contributed by atoms with Crippen LogP contribution in [0.4, 0.5) is 0 Å². The van der Waals surface area contributed by atoms with Crippen LogP contribution in [0.15, 0.2) is 0 Å². The molecule has 0 amide bonds. The van der Waals surface area contributed by atoms with E-state index in [1.165, 1.54) is 38.5 Å². The van der Waals surface area contributed by atoms with Crippen LogP contribution in [-0.4, -0.2) is 23.8 Å². The highest BCUT2D eigenvalue weighted by molar-refractivity contribution is 5.79. The van der Waals surface area contributed by atoms with Crippen LogP contribution < -0.4 is 0 Å². The molecule has 2 rings (SSSR count). The van der Waals surface area contributed by atoms with Crippen molar-refractivity contribution < 1.29 is 0 Å². The summed E-state index contributed by atoms with van der Waals surface area (Å²) in [5.74, 6) is 0.893. The first kappa shape index (κ1) is 10.0. The molecule has 1 aliphatic heterocycles. The quantitative estimate of drug-likeness (QED) is 0.718. The SMILES string of the molecule is CC1(CN2CCCCC2=N)CCCC1. The molecule has 1 N–H and O–H groups in total. The Labute approximate surface area is 87.2 Å². The highest BCUT2D eigenvalue weighted by atomic mass is 15.2. The summed E-state index contributed by atoms with van der Waals surface area (Å²) in [5, 5.41) is 7.92. The van der Waals surface area contributed by atoms with Gasteiger partial charge in [0.2, 0.25) is 0 Å². The molecule has 0 radical (unpaired) electrons. The van der Waals surface area contributed by atoms with Gasteiger partial charge in [-0.1, -0.05) is 19.8 Å². The summed E-state index contributed by atoms with van der Waals surface area (Å²) in [6.45, 7) is 4.68. The fourth-order valence-electron chi connectivity index (χ4n) is 2.91. The van der Waals surface area contributed by atoms with E-state index < -0.39 is 0 Å². The summed E-state index contributed by atoms with van der Waals surface area (Å²) in [6, 6.07) is 0. The predicted octanol–water partition coefficient (Wildman–Crippen LogP) is 3.03. The van der Waals surface area contributed by atoms with Gasteiger partial charge in [0.05, 0.1) is 5.84 Å². The van der Waals surface area contributed by atoms with Gasteiger partial charge in [0.25, 0.3) is 0 Å². The lowest BCUT2D eigenvalue weighted by atomic mass is 9.87. The fourth-order valence-corrected chi connectivity index (χ4v) is 2.91. The number of amidine groups is 1. The first-order chi connectivity index (χ1) is 6.70. The summed E-state index contributed by atoms with van der Waals surface area (Å²) in [7, 11) is 0. The first-order valence-electron chi connectivity index (χ1n) is 6.02. The lowest BCUT2D eigenvalue weighted by molar-refractivity contribution is 0.220. The molecule has 0 unspecified atom stereocenters. The minimum Gasteiger partial charge on any atom is -0.360 e. The highest BCUT2D eigenvalue weighted by Crippen LogP contribution is 2.38. The highest BCUT2D eigenvalue weighted by Gasteiger charge is 2.31. The van der Waals surface area contributed by atoms with Crippen molar-refractivity contribution in [1.29, 1.82) is 5.41 Å². The van der Waals surface area contributed by atoms with Gasteiger partial charge in [-0.05, 0) is 31.1 Å². The summed E-state index contributed by atoms with van der Waals surface area (Å²) in [6.07, 6.45) is 9.07. The molecule has 0 aromatic rings. The zero-order valence-electron chi connectivity index (χ0n) is 9.31. The molecule has 80 valence electrons. The van der Waals surface area contributed by atoms with Crippen molar-refractivity contribution >= 4 is 5.84 Å². The molecule has 0 aromatic heterocycles. The maximum Gasteiger partial charge on any atom is 0.0957 e. The molecule has 0 aromatic carbocycles. The van der Waals surface area contributed by atoms with Crippen molar-refractivity contribution in [3.63, 3.8) is 0 Å². The van der Waals surface area contributed by atoms with Crippen LogP contribution in [0, 0.1) is 10.8 Å². The van der Waals surface area contributed by atoms with Crippen molar-refractivity contribution in [3.05, 3.63) is 0 Å². The van der Waals surface area contributed by atoms with Gasteiger partial charge in [-0.15, -0.1) is 0 Å². The van der Waals surface area contributed by atoms with Crippen molar-refractivity contribution in [3.8, 4) is 0 Å². The van der Waals surface area contributed by atoms with Gasteiger partial charge in [-0.2, -0.15) is 0 Å². The Bertz CT molecular complexity index is 216. The number of likely N-dealkylation sites (tertiary alicyclic amines) is 1. The first-order valence-corrected chi connectivity index (χ1v) is 6.02. The molecule has 1 heterocycles. The standard InChI is InChI=1S/C12H22N2/c1-12(7-3-4-8-12)10-14-9-5-2-6-11(14)13/h13H,2-10H2,1H3. The van der Waals surface area contributed by atoms with Gasteiger partial charge in [0.1, 0.15) is 0 Å². The lowest BCUT2D eigenvalue weighted by Crippen LogP contribution is -2.41. The molecule has 2 fully saturated rings. The average Bonchev–Trinajstić information content (AvgIpc) is 2.57. The molecular weight excluding hydrogens is 172 g/mol. The summed E-state index contributed by atoms with van der Waals surface area (Å²) >= 11 is 0. The van der Waals surface area contributed by atoms with Gasteiger partial charge >= 0.3 is 0 Å². The van der Waals surface area contributed by atoms with E-state index in [-0.39, 0.29) is 0 Å². The summed E-state index contributed by atoms with van der Waals surface area (Å²) < 4.78 is 0. The minimum absolute atomic E-state index is 0.518. The molecule has 1 saturated carbocycles. The zero-order valence-corrected chi connectivity index (χ0v) is 9.31. The maximum absolute atomic E-state index is 7.92. The fraction of sp³-hybridized carbons (Fsp3) is 0.917. The van der Waals surface area contributed by atoms with Crippen LogP contribution in [0.1, 0.15) is 51.9 Å². The Morgan fingerprint density at radius 2 is 1.93 bits per heavy atom. The van der Waals surface area contributed by atoms with E-state index in [0.717, 1.165) is 25.3 Å². The van der Waals surface area contributed by atoms with Crippen LogP contribution in [0.2, 0.25) is 0 Å². The molecule has 0 bridgehead atoms. The van der Waals surface area contributed by atoms with Gasteiger partial charge in [0.15, 0.2) is 0 Å². The van der Waals surface area contributed by atoms with Crippen LogP contribution in [-0.2, 0) is 0 Å². The van der Waals surface area contributed by atoms with E-state index in [4.69, 9.17) is 5.41 Å². The second kappa shape index (κ2) is 3.92. The molecule has 2 aliphatic rings. The average molecular weight is 194 g/mol. The Morgan fingerprint density at radius 3 is 2.57 bits per heavy atom. The Balaban J connectivity index is 1.91. The van der Waals surface area contributed by atoms with Gasteiger partial charge in [-0.25, -0.2) is 0 Å². The third-order valence-corrected chi connectivity index (χ3v) is 3.86. The summed E-state index contributed by atoms with van der Waals surface area (Å²) in [5.41, 5.74) is 0.518. The molecule has 0 atom stereocenters. The van der Waals surface area contributed by atoms with E-state index in [9.17, 15) is 0 Å². The number of hydrogen-bond acceptors (Lipinski definition) is 1. The molecule has 1 aliphatic carbocycles. The topological polar surface area (TPSA) is 27.1 Å². The smallest absolute Gasteiger partial charge is 0.0957 e. The zero-order chi connectivity index (χ0) is 10.0. The largest absolute Gasteiger partial charge is 0.360 e. The lowest BCUT2D eigenvalue weighted by Gasteiger charge is -2.36. The molecule has 1 saturated heterocycles. The van der Waals surface area contributed by atoms with Crippen LogP contribution in [0.3, 0.4) is 0 Å². The van der Waals surface area contributed by atoms with Crippen molar-refractivity contribution in [1.82, 2.24) is 4.90 Å². The van der Waals surface area contributed by atoms with Crippen molar-refractivity contribution in [2.24, 2.45) is 5.41 Å². The van der Waals surface area contributed by atoms with Gasteiger partial charge in [-0.3, -0.25) is 5.41 Å². The maximum atomic E-state index is 7.92. The number of nitrogens with zero attached hydrogens (tertiary/aromatic N) is 1. The predicted molar refractivity (Wildman–Crippen MR) is 59.7 cm³/mol. The van der Waals surface area contributed by atoms with E-state index in [1.54, 1.807) is 0 Å². The second-order valence-electron chi connectivity index (χ2n) is 5.34. The number of rotatable bonds is 2. The normalized spacial score (nSPS) is 26.9. The second-order valence-corrected chi connectivity index (χ2v) is 5.34. The molecule has 2 heteroatoms. The third kappa shape index (κ3) is 2.10. The molecule has 14 heavy (non-hydrogen) atoms.